The predicted molar refractivity (Wildman–Crippen MR) is 51.0 cm³/mol. The van der Waals surface area contributed by atoms with Crippen molar-refractivity contribution >= 4 is 17.8 Å². The number of amides is 1. The van der Waals surface area contributed by atoms with Crippen LogP contribution in [0.15, 0.2) is 9.98 Å². The van der Waals surface area contributed by atoms with Crippen molar-refractivity contribution in [2.75, 3.05) is 7.05 Å². The molecule has 0 radical (unpaired) electrons. The molecule has 0 saturated carbocycles. The van der Waals surface area contributed by atoms with E-state index >= 15 is 0 Å². The molecule has 1 amide bonds. The van der Waals surface area contributed by atoms with E-state index in [0.29, 0.717) is 0 Å². The third-order valence-corrected chi connectivity index (χ3v) is 1.20. The molecule has 13 heavy (non-hydrogen) atoms. The van der Waals surface area contributed by atoms with E-state index in [1.54, 1.807) is 6.92 Å². The Morgan fingerprint density at radius 3 is 2.31 bits per heavy atom. The molecule has 74 valence electrons. The molecule has 0 bridgehead atoms. The van der Waals surface area contributed by atoms with E-state index < -0.39 is 6.04 Å². The highest BCUT2D eigenvalue weighted by molar-refractivity contribution is 5.94. The van der Waals surface area contributed by atoms with E-state index in [4.69, 9.17) is 17.2 Å². The van der Waals surface area contributed by atoms with Crippen molar-refractivity contribution < 1.29 is 4.79 Å². The number of nitrogens with zero attached hydrogens (tertiary/aromatic N) is 2. The monoisotopic (exact) mass is 186 g/mol. The number of rotatable bonds is 2. The number of likely N-dealkylation sites (N-methyl/N-ethyl adjacent to an activating group) is 1. The largest absolute Gasteiger partial charge is 0.370 e. The Hall–Kier alpha value is -1.79. The van der Waals surface area contributed by atoms with Crippen LogP contribution in [0.5, 0.6) is 0 Å². The lowest BCUT2D eigenvalue weighted by Gasteiger charge is -2.03. The Balaban J connectivity index is 4.39. The fraction of sp³-hybridized carbons (Fsp3) is 0.500. The summed E-state index contributed by atoms with van der Waals surface area (Å²) in [5.41, 5.74) is 15.4. The molecule has 0 aromatic heterocycles. The summed E-state index contributed by atoms with van der Waals surface area (Å²) in [5.74, 6) is -0.560. The van der Waals surface area contributed by atoms with Crippen molar-refractivity contribution in [2.24, 2.45) is 27.2 Å². The molecular formula is C6H14N6O. The maximum Gasteiger partial charge on any atom is 0.244 e. The van der Waals surface area contributed by atoms with Gasteiger partial charge in [-0.15, -0.1) is 0 Å². The minimum atomic E-state index is -0.604. The average molecular weight is 186 g/mol. The van der Waals surface area contributed by atoms with Gasteiger partial charge in [0.15, 0.2) is 5.96 Å². The van der Waals surface area contributed by atoms with Crippen LogP contribution in [0.4, 0.5) is 0 Å². The molecule has 0 heterocycles. The van der Waals surface area contributed by atoms with E-state index in [-0.39, 0.29) is 17.8 Å². The van der Waals surface area contributed by atoms with Gasteiger partial charge < -0.3 is 22.5 Å². The minimum absolute atomic E-state index is 0.115. The Labute approximate surface area is 76.1 Å². The molecule has 7 N–H and O–H groups in total. The lowest BCUT2D eigenvalue weighted by molar-refractivity contribution is -0.121. The first kappa shape index (κ1) is 11.2. The third-order valence-electron chi connectivity index (χ3n) is 1.20. The summed E-state index contributed by atoms with van der Waals surface area (Å²) < 4.78 is 0. The van der Waals surface area contributed by atoms with Crippen molar-refractivity contribution in [1.29, 1.82) is 0 Å². The van der Waals surface area contributed by atoms with Gasteiger partial charge in [0, 0.05) is 7.05 Å². The number of carbonyl (C=O) groups is 1. The highest BCUT2D eigenvalue weighted by atomic mass is 16.2. The van der Waals surface area contributed by atoms with Crippen LogP contribution in [0.1, 0.15) is 6.92 Å². The molecule has 0 spiro atoms. The Bertz CT molecular complexity index is 242. The number of hydrogen-bond acceptors (Lipinski definition) is 2. The van der Waals surface area contributed by atoms with E-state index in [0.717, 1.165) is 0 Å². The lowest BCUT2D eigenvalue weighted by atomic mass is 10.3. The van der Waals surface area contributed by atoms with Crippen molar-refractivity contribution in [2.45, 2.75) is 13.0 Å². The maximum atomic E-state index is 10.9. The van der Waals surface area contributed by atoms with Crippen molar-refractivity contribution in [3.8, 4) is 0 Å². The zero-order valence-electron chi connectivity index (χ0n) is 7.61. The first-order chi connectivity index (χ1) is 5.97. The highest BCUT2D eigenvalue weighted by Crippen LogP contribution is 1.88. The number of nitrogens with two attached hydrogens (primary N) is 3. The topological polar surface area (TPSA) is 132 Å². The fourth-order valence-electron chi connectivity index (χ4n) is 0.627. The molecule has 0 aliphatic heterocycles. The zero-order valence-corrected chi connectivity index (χ0v) is 7.61. The van der Waals surface area contributed by atoms with Gasteiger partial charge in [0.1, 0.15) is 6.04 Å². The molecule has 1 atom stereocenters. The maximum absolute atomic E-state index is 10.9. The Morgan fingerprint density at radius 1 is 1.38 bits per heavy atom. The highest BCUT2D eigenvalue weighted by Gasteiger charge is 2.08. The number of guanidine groups is 2. The molecule has 0 rings (SSSR count). The molecule has 1 unspecified atom stereocenters. The second-order valence-corrected chi connectivity index (χ2v) is 2.31. The molecular weight excluding hydrogens is 172 g/mol. The van der Waals surface area contributed by atoms with Crippen LogP contribution in [0.3, 0.4) is 0 Å². The summed E-state index contributed by atoms with van der Waals surface area (Å²) in [6.07, 6.45) is 0. The van der Waals surface area contributed by atoms with E-state index in [2.05, 4.69) is 15.3 Å². The van der Waals surface area contributed by atoms with Gasteiger partial charge in [-0.2, -0.15) is 4.99 Å². The minimum Gasteiger partial charge on any atom is -0.370 e. The molecule has 0 saturated heterocycles. The van der Waals surface area contributed by atoms with Crippen LogP contribution in [0, 0.1) is 0 Å². The SMILES string of the molecule is CNC(=O)C(C)N=C(N)N=C(N)N. The van der Waals surface area contributed by atoms with Crippen LogP contribution in [0.2, 0.25) is 0 Å². The van der Waals surface area contributed by atoms with Gasteiger partial charge in [0.2, 0.25) is 11.9 Å². The lowest BCUT2D eigenvalue weighted by Crippen LogP contribution is -2.31. The fourth-order valence-corrected chi connectivity index (χ4v) is 0.627. The number of carbonyl (C=O) groups excluding carboxylic acids is 1. The van der Waals surface area contributed by atoms with E-state index in [1.807, 2.05) is 0 Å². The van der Waals surface area contributed by atoms with Gasteiger partial charge in [-0.1, -0.05) is 0 Å². The van der Waals surface area contributed by atoms with E-state index in [1.165, 1.54) is 7.05 Å². The van der Waals surface area contributed by atoms with Gasteiger partial charge in [-0.05, 0) is 6.92 Å². The second-order valence-electron chi connectivity index (χ2n) is 2.31. The number of aliphatic imine (C=N–C) groups is 2. The summed E-state index contributed by atoms with van der Waals surface area (Å²) in [6, 6.07) is -0.604. The molecule has 0 aliphatic carbocycles. The van der Waals surface area contributed by atoms with Crippen molar-refractivity contribution in [1.82, 2.24) is 5.32 Å². The summed E-state index contributed by atoms with van der Waals surface area (Å²) in [6.45, 7) is 1.58. The van der Waals surface area contributed by atoms with Gasteiger partial charge in [0.05, 0.1) is 0 Å². The Kier molecular flexibility index (Phi) is 4.28. The van der Waals surface area contributed by atoms with Crippen LogP contribution in [-0.2, 0) is 4.79 Å². The third kappa shape index (κ3) is 4.62. The summed E-state index contributed by atoms with van der Waals surface area (Å²) in [4.78, 5) is 18.1. The van der Waals surface area contributed by atoms with Gasteiger partial charge in [0.25, 0.3) is 0 Å². The van der Waals surface area contributed by atoms with Gasteiger partial charge in [-0.25, -0.2) is 4.99 Å². The molecule has 7 heteroatoms. The second kappa shape index (κ2) is 4.96. The Morgan fingerprint density at radius 2 is 1.92 bits per heavy atom. The van der Waals surface area contributed by atoms with Crippen LogP contribution >= 0.6 is 0 Å². The molecule has 7 nitrogen and oxygen atoms in total. The van der Waals surface area contributed by atoms with Gasteiger partial charge in [-0.3, -0.25) is 4.79 Å². The summed E-state index contributed by atoms with van der Waals surface area (Å²) in [5, 5.41) is 2.41. The standard InChI is InChI=1S/C6H14N6O/c1-3(4(13)10-2)11-6(9)12-5(7)8/h3H,1-2H3,(H,10,13)(H6,7,8,9,11,12). The summed E-state index contributed by atoms with van der Waals surface area (Å²) in [7, 11) is 1.51. The van der Waals surface area contributed by atoms with Crippen LogP contribution in [-0.4, -0.2) is 30.9 Å². The quantitative estimate of drug-likeness (QED) is 0.285. The average Bonchev–Trinajstić information content (AvgIpc) is 2.01. The first-order valence-electron chi connectivity index (χ1n) is 3.62. The van der Waals surface area contributed by atoms with Crippen molar-refractivity contribution in [3.63, 3.8) is 0 Å². The van der Waals surface area contributed by atoms with Crippen LogP contribution in [0.25, 0.3) is 0 Å². The summed E-state index contributed by atoms with van der Waals surface area (Å²) >= 11 is 0. The first-order valence-corrected chi connectivity index (χ1v) is 3.62. The molecule has 0 aliphatic rings. The smallest absolute Gasteiger partial charge is 0.244 e. The number of nitrogens with one attached hydrogen (secondary N) is 1. The van der Waals surface area contributed by atoms with Gasteiger partial charge >= 0.3 is 0 Å². The molecule has 0 fully saturated rings. The van der Waals surface area contributed by atoms with Crippen molar-refractivity contribution in [3.05, 3.63) is 0 Å². The molecule has 0 aromatic rings. The zero-order chi connectivity index (χ0) is 10.4. The van der Waals surface area contributed by atoms with Crippen LogP contribution < -0.4 is 22.5 Å². The number of hydrogen-bond donors (Lipinski definition) is 4. The normalized spacial score (nSPS) is 13.2. The predicted octanol–water partition coefficient (Wildman–Crippen LogP) is -2.29. The van der Waals surface area contributed by atoms with E-state index in [9.17, 15) is 4.79 Å². The molecule has 0 aromatic carbocycles.